The minimum absolute atomic E-state index is 0.633. The maximum Gasteiger partial charge on any atom is 0.0476 e. The van der Waals surface area contributed by atoms with Crippen LogP contribution >= 0.6 is 34.5 Å². The molecule has 34 heavy (non-hydrogen) atoms. The summed E-state index contributed by atoms with van der Waals surface area (Å²) in [6, 6.07) is 39.9. The summed E-state index contributed by atoms with van der Waals surface area (Å²) in [5.41, 5.74) is 5.40. The Hall–Kier alpha value is -3.30. The van der Waals surface area contributed by atoms with Crippen molar-refractivity contribution in [1.29, 1.82) is 0 Å². The fraction of sp³-hybridized carbons (Fsp3) is 0. The van der Waals surface area contributed by atoms with Gasteiger partial charge in [0.05, 0.1) is 0 Å². The monoisotopic (exact) mass is 495 g/mol. The first-order valence-corrected chi connectivity index (χ1v) is 12.6. The summed E-state index contributed by atoms with van der Waals surface area (Å²) in [5, 5.41) is 3.87. The lowest BCUT2D eigenvalue weighted by Gasteiger charge is -2.25. The van der Waals surface area contributed by atoms with E-state index in [4.69, 9.17) is 23.2 Å². The van der Waals surface area contributed by atoms with Gasteiger partial charge in [0.2, 0.25) is 0 Å². The van der Waals surface area contributed by atoms with Crippen LogP contribution in [0.1, 0.15) is 0 Å². The third kappa shape index (κ3) is 3.95. The lowest BCUT2D eigenvalue weighted by Crippen LogP contribution is -2.09. The number of hydrogen-bond acceptors (Lipinski definition) is 2. The van der Waals surface area contributed by atoms with Crippen LogP contribution < -0.4 is 4.90 Å². The zero-order valence-corrected chi connectivity index (χ0v) is 20.4. The predicted molar refractivity (Wildman–Crippen MR) is 149 cm³/mol. The minimum Gasteiger partial charge on any atom is -0.310 e. The maximum absolute atomic E-state index is 6.23. The Labute approximate surface area is 212 Å². The lowest BCUT2D eigenvalue weighted by atomic mass is 10.0. The van der Waals surface area contributed by atoms with E-state index >= 15 is 0 Å². The second-order valence-corrected chi connectivity index (χ2v) is 10.1. The normalized spacial score (nSPS) is 11.2. The fourth-order valence-electron chi connectivity index (χ4n) is 4.40. The first-order valence-electron chi connectivity index (χ1n) is 11.0. The predicted octanol–water partition coefficient (Wildman–Crippen LogP) is 10.5. The Bertz CT molecular complexity index is 1600. The summed E-state index contributed by atoms with van der Waals surface area (Å²) in [6.45, 7) is 0. The van der Waals surface area contributed by atoms with Gasteiger partial charge in [-0.3, -0.25) is 0 Å². The van der Waals surface area contributed by atoms with Gasteiger partial charge in [-0.05, 0) is 71.8 Å². The molecule has 0 aliphatic carbocycles. The number of thiophene rings is 1. The number of rotatable bonds is 4. The van der Waals surface area contributed by atoms with Crippen molar-refractivity contribution in [3.63, 3.8) is 0 Å². The molecule has 1 aromatic heterocycles. The Balaban J connectivity index is 1.46. The van der Waals surface area contributed by atoms with Crippen molar-refractivity contribution in [2.75, 3.05) is 4.90 Å². The number of hydrogen-bond donors (Lipinski definition) is 0. The molecule has 0 radical (unpaired) electrons. The van der Waals surface area contributed by atoms with Crippen LogP contribution in [-0.4, -0.2) is 0 Å². The second kappa shape index (κ2) is 8.81. The minimum atomic E-state index is 0.633. The van der Waals surface area contributed by atoms with E-state index in [1.165, 1.54) is 20.2 Å². The summed E-state index contributed by atoms with van der Waals surface area (Å²) in [7, 11) is 0. The number of nitrogens with zero attached hydrogens (tertiary/aromatic N) is 1. The van der Waals surface area contributed by atoms with Gasteiger partial charge in [-0.15, -0.1) is 11.3 Å². The smallest absolute Gasteiger partial charge is 0.0476 e. The first kappa shape index (κ1) is 21.2. The molecule has 6 rings (SSSR count). The zero-order valence-electron chi connectivity index (χ0n) is 18.1. The summed E-state index contributed by atoms with van der Waals surface area (Å²) in [4.78, 5) is 2.29. The van der Waals surface area contributed by atoms with Gasteiger partial charge in [-0.2, -0.15) is 0 Å². The van der Waals surface area contributed by atoms with E-state index < -0.39 is 0 Å². The van der Waals surface area contributed by atoms with Crippen LogP contribution in [0.3, 0.4) is 0 Å². The van der Waals surface area contributed by atoms with Crippen LogP contribution in [0, 0.1) is 0 Å². The molecule has 0 aliphatic rings. The van der Waals surface area contributed by atoms with Crippen LogP contribution in [-0.2, 0) is 0 Å². The topological polar surface area (TPSA) is 3.24 Å². The van der Waals surface area contributed by atoms with Crippen LogP contribution in [0.25, 0.3) is 31.3 Å². The molecule has 0 unspecified atom stereocenters. The molecule has 0 aliphatic heterocycles. The number of para-hydroxylation sites is 1. The van der Waals surface area contributed by atoms with Crippen molar-refractivity contribution < 1.29 is 0 Å². The SMILES string of the molecule is Clc1cc(Cl)cc(-c2ccc(N(c3ccccc3)c3ccc4c(c3)sc3ccccc34)cc2)c1. The van der Waals surface area contributed by atoms with Crippen molar-refractivity contribution in [1.82, 2.24) is 0 Å². The van der Waals surface area contributed by atoms with E-state index in [0.29, 0.717) is 10.0 Å². The van der Waals surface area contributed by atoms with Crippen LogP contribution in [0.5, 0.6) is 0 Å². The zero-order chi connectivity index (χ0) is 23.1. The molecule has 1 nitrogen and oxygen atoms in total. The lowest BCUT2D eigenvalue weighted by molar-refractivity contribution is 1.29. The van der Waals surface area contributed by atoms with Crippen LogP contribution in [0.4, 0.5) is 17.1 Å². The Morgan fingerprint density at radius 2 is 1.09 bits per heavy atom. The van der Waals surface area contributed by atoms with Crippen molar-refractivity contribution >= 4 is 71.8 Å². The molecule has 0 spiro atoms. The van der Waals surface area contributed by atoms with E-state index in [0.717, 1.165) is 28.2 Å². The quantitative estimate of drug-likeness (QED) is 0.235. The van der Waals surface area contributed by atoms with Crippen molar-refractivity contribution in [2.45, 2.75) is 0 Å². The van der Waals surface area contributed by atoms with E-state index in [-0.39, 0.29) is 0 Å². The van der Waals surface area contributed by atoms with Crippen molar-refractivity contribution in [3.05, 3.63) is 125 Å². The van der Waals surface area contributed by atoms with Crippen molar-refractivity contribution in [2.24, 2.45) is 0 Å². The third-order valence-electron chi connectivity index (χ3n) is 5.96. The molecule has 0 fully saturated rings. The highest BCUT2D eigenvalue weighted by atomic mass is 35.5. The Kier molecular flexibility index (Phi) is 5.50. The summed E-state index contributed by atoms with van der Waals surface area (Å²) in [5.74, 6) is 0. The molecule has 1 heterocycles. The molecule has 6 aromatic rings. The first-order chi connectivity index (χ1) is 16.7. The van der Waals surface area contributed by atoms with Crippen molar-refractivity contribution in [3.8, 4) is 11.1 Å². The van der Waals surface area contributed by atoms with Gasteiger partial charge in [0.15, 0.2) is 0 Å². The maximum atomic E-state index is 6.23. The van der Waals surface area contributed by atoms with Gasteiger partial charge in [-0.1, -0.05) is 77.8 Å². The van der Waals surface area contributed by atoms with Gasteiger partial charge >= 0.3 is 0 Å². The summed E-state index contributed by atoms with van der Waals surface area (Å²) in [6.07, 6.45) is 0. The third-order valence-corrected chi connectivity index (χ3v) is 7.53. The molecule has 4 heteroatoms. The number of anilines is 3. The molecular weight excluding hydrogens is 477 g/mol. The van der Waals surface area contributed by atoms with Gasteiger partial charge in [0.1, 0.15) is 0 Å². The summed E-state index contributed by atoms with van der Waals surface area (Å²) >= 11 is 14.3. The molecular formula is C30H19Cl2NS. The largest absolute Gasteiger partial charge is 0.310 e. The molecule has 0 amide bonds. The Morgan fingerprint density at radius 3 is 1.85 bits per heavy atom. The van der Waals surface area contributed by atoms with Gasteiger partial charge < -0.3 is 4.90 Å². The molecule has 5 aromatic carbocycles. The number of halogens is 2. The van der Waals surface area contributed by atoms with Gasteiger partial charge in [0, 0.05) is 47.3 Å². The molecule has 0 N–H and O–H groups in total. The summed E-state index contributed by atoms with van der Waals surface area (Å²) < 4.78 is 2.59. The molecule has 164 valence electrons. The fourth-order valence-corrected chi connectivity index (χ4v) is 6.07. The average Bonchev–Trinajstić information content (AvgIpc) is 3.23. The molecule has 0 saturated heterocycles. The molecule has 0 bridgehead atoms. The molecule has 0 atom stereocenters. The number of fused-ring (bicyclic) bond motifs is 3. The van der Waals surface area contributed by atoms with E-state index in [9.17, 15) is 0 Å². The molecule has 0 saturated carbocycles. The van der Waals surface area contributed by atoms with E-state index in [2.05, 4.69) is 95.9 Å². The number of benzene rings is 5. The second-order valence-electron chi connectivity index (χ2n) is 8.15. The van der Waals surface area contributed by atoms with E-state index in [1.807, 2.05) is 29.5 Å². The highest BCUT2D eigenvalue weighted by molar-refractivity contribution is 7.25. The Morgan fingerprint density at radius 1 is 0.471 bits per heavy atom. The standard InChI is InChI=1S/C30H19Cl2NS/c31-22-16-21(17-23(32)18-22)20-10-12-25(13-11-20)33(24-6-2-1-3-7-24)26-14-15-28-27-8-4-5-9-29(27)34-30(28)19-26/h1-19H. The van der Waals surface area contributed by atoms with Gasteiger partial charge in [0.25, 0.3) is 0 Å². The van der Waals surface area contributed by atoms with Gasteiger partial charge in [-0.25, -0.2) is 0 Å². The van der Waals surface area contributed by atoms with Crippen LogP contribution in [0.15, 0.2) is 115 Å². The van der Waals surface area contributed by atoms with Crippen LogP contribution in [0.2, 0.25) is 10.0 Å². The average molecular weight is 496 g/mol. The van der Waals surface area contributed by atoms with E-state index in [1.54, 1.807) is 6.07 Å². The highest BCUT2D eigenvalue weighted by Crippen LogP contribution is 2.40. The highest BCUT2D eigenvalue weighted by Gasteiger charge is 2.14.